The second-order valence-corrected chi connectivity index (χ2v) is 6.35. The van der Waals surface area contributed by atoms with Crippen molar-refractivity contribution in [3.8, 4) is 5.75 Å². The molecule has 3 nitrogen and oxygen atoms in total. The van der Waals surface area contributed by atoms with E-state index in [1.54, 1.807) is 7.11 Å². The van der Waals surface area contributed by atoms with E-state index in [-0.39, 0.29) is 11.8 Å². The number of hydrogen-bond acceptors (Lipinski definition) is 3. The quantitative estimate of drug-likeness (QED) is 0.918. The standard InChI is InChI=1S/C17H27NO2/c1-13-7-5-9-15(12-18(2)3)17(13,19)14-8-6-10-16(11-14)20-4/h6,8,10-11,13,15,19H,5,7,9,12H2,1-4H3. The normalized spacial score (nSPS) is 30.5. The Morgan fingerprint density at radius 3 is 2.75 bits per heavy atom. The molecule has 20 heavy (non-hydrogen) atoms. The average Bonchev–Trinajstić information content (AvgIpc) is 2.43. The van der Waals surface area contributed by atoms with Gasteiger partial charge in [-0.3, -0.25) is 0 Å². The Morgan fingerprint density at radius 2 is 2.10 bits per heavy atom. The minimum absolute atomic E-state index is 0.272. The summed E-state index contributed by atoms with van der Waals surface area (Å²) in [5.74, 6) is 1.36. The van der Waals surface area contributed by atoms with Crippen LogP contribution in [0.15, 0.2) is 24.3 Å². The highest BCUT2D eigenvalue weighted by Gasteiger charge is 2.45. The van der Waals surface area contributed by atoms with Gasteiger partial charge in [0.2, 0.25) is 0 Å². The van der Waals surface area contributed by atoms with Gasteiger partial charge in [0, 0.05) is 12.5 Å². The van der Waals surface area contributed by atoms with Gasteiger partial charge in [0.05, 0.1) is 12.7 Å². The van der Waals surface area contributed by atoms with Crippen molar-refractivity contribution >= 4 is 0 Å². The highest BCUT2D eigenvalue weighted by atomic mass is 16.5. The molecule has 0 amide bonds. The molecule has 1 aliphatic carbocycles. The monoisotopic (exact) mass is 277 g/mol. The summed E-state index contributed by atoms with van der Waals surface area (Å²) in [6.45, 7) is 3.08. The van der Waals surface area contributed by atoms with Gasteiger partial charge in [-0.1, -0.05) is 25.5 Å². The van der Waals surface area contributed by atoms with E-state index >= 15 is 0 Å². The second-order valence-electron chi connectivity index (χ2n) is 6.35. The molecule has 0 spiro atoms. The maximum atomic E-state index is 11.5. The van der Waals surface area contributed by atoms with Gasteiger partial charge in [0.1, 0.15) is 5.75 Å². The van der Waals surface area contributed by atoms with Crippen LogP contribution in [0.2, 0.25) is 0 Å². The zero-order chi connectivity index (χ0) is 14.8. The Hall–Kier alpha value is -1.06. The van der Waals surface area contributed by atoms with Crippen LogP contribution in [-0.2, 0) is 5.60 Å². The van der Waals surface area contributed by atoms with Crippen molar-refractivity contribution in [3.05, 3.63) is 29.8 Å². The molecule has 0 bridgehead atoms. The Bertz CT molecular complexity index is 446. The van der Waals surface area contributed by atoms with E-state index in [0.717, 1.165) is 30.7 Å². The third kappa shape index (κ3) is 2.84. The summed E-state index contributed by atoms with van der Waals surface area (Å²) in [6, 6.07) is 7.93. The predicted molar refractivity (Wildman–Crippen MR) is 81.9 cm³/mol. The summed E-state index contributed by atoms with van der Waals surface area (Å²) in [7, 11) is 5.82. The van der Waals surface area contributed by atoms with Gasteiger partial charge >= 0.3 is 0 Å². The summed E-state index contributed by atoms with van der Waals surface area (Å²) >= 11 is 0. The lowest BCUT2D eigenvalue weighted by Crippen LogP contribution is -2.47. The van der Waals surface area contributed by atoms with Crippen molar-refractivity contribution in [3.63, 3.8) is 0 Å². The first-order valence-electron chi connectivity index (χ1n) is 7.50. The second kappa shape index (κ2) is 6.15. The minimum atomic E-state index is -0.753. The largest absolute Gasteiger partial charge is 0.497 e. The lowest BCUT2D eigenvalue weighted by Gasteiger charge is -2.46. The molecule has 1 aromatic rings. The van der Waals surface area contributed by atoms with Crippen molar-refractivity contribution < 1.29 is 9.84 Å². The van der Waals surface area contributed by atoms with Gasteiger partial charge in [-0.15, -0.1) is 0 Å². The molecule has 1 N–H and O–H groups in total. The predicted octanol–water partition coefficient (Wildman–Crippen LogP) is 2.88. The van der Waals surface area contributed by atoms with Crippen LogP contribution in [0.5, 0.6) is 5.75 Å². The molecule has 0 aromatic heterocycles. The molecule has 1 fully saturated rings. The Morgan fingerprint density at radius 1 is 1.35 bits per heavy atom. The molecule has 3 unspecified atom stereocenters. The highest BCUT2D eigenvalue weighted by Crippen LogP contribution is 2.46. The van der Waals surface area contributed by atoms with Crippen molar-refractivity contribution in [1.29, 1.82) is 0 Å². The first-order valence-corrected chi connectivity index (χ1v) is 7.50. The fraction of sp³-hybridized carbons (Fsp3) is 0.647. The van der Waals surface area contributed by atoms with E-state index < -0.39 is 5.60 Å². The van der Waals surface area contributed by atoms with Gasteiger partial charge in [0.15, 0.2) is 0 Å². The molecule has 3 atom stereocenters. The number of hydrogen-bond donors (Lipinski definition) is 1. The number of rotatable bonds is 4. The number of aliphatic hydroxyl groups is 1. The molecular formula is C17H27NO2. The number of nitrogens with zero attached hydrogens (tertiary/aromatic N) is 1. The van der Waals surface area contributed by atoms with Crippen LogP contribution in [0.1, 0.15) is 31.7 Å². The fourth-order valence-corrected chi connectivity index (χ4v) is 3.58. The molecule has 1 saturated carbocycles. The number of methoxy groups -OCH3 is 1. The van der Waals surface area contributed by atoms with E-state index in [1.165, 1.54) is 6.42 Å². The fourth-order valence-electron chi connectivity index (χ4n) is 3.58. The first kappa shape index (κ1) is 15.3. The smallest absolute Gasteiger partial charge is 0.119 e. The Kier molecular flexibility index (Phi) is 4.71. The highest BCUT2D eigenvalue weighted by molar-refractivity contribution is 5.33. The van der Waals surface area contributed by atoms with Crippen LogP contribution in [0.25, 0.3) is 0 Å². The third-order valence-electron chi connectivity index (χ3n) is 4.68. The molecule has 1 aliphatic rings. The van der Waals surface area contributed by atoms with Gasteiger partial charge < -0.3 is 14.7 Å². The lowest BCUT2D eigenvalue weighted by molar-refractivity contribution is -0.102. The Balaban J connectivity index is 2.38. The van der Waals surface area contributed by atoms with Crippen molar-refractivity contribution in [2.24, 2.45) is 11.8 Å². The maximum absolute atomic E-state index is 11.5. The molecule has 112 valence electrons. The molecule has 0 radical (unpaired) electrons. The van der Waals surface area contributed by atoms with Crippen molar-refractivity contribution in [1.82, 2.24) is 4.90 Å². The molecule has 0 saturated heterocycles. The lowest BCUT2D eigenvalue weighted by atomic mass is 9.65. The first-order chi connectivity index (χ1) is 9.48. The molecule has 2 rings (SSSR count). The zero-order valence-electron chi connectivity index (χ0n) is 13.1. The average molecular weight is 277 g/mol. The van der Waals surface area contributed by atoms with E-state index in [0.29, 0.717) is 0 Å². The van der Waals surface area contributed by atoms with Gasteiger partial charge in [-0.05, 0) is 50.6 Å². The van der Waals surface area contributed by atoms with Crippen LogP contribution >= 0.6 is 0 Å². The summed E-state index contributed by atoms with van der Waals surface area (Å²) in [5.41, 5.74) is 0.243. The van der Waals surface area contributed by atoms with E-state index in [2.05, 4.69) is 25.9 Å². The Labute approximate surface area is 122 Å². The summed E-state index contributed by atoms with van der Waals surface area (Å²) in [6.07, 6.45) is 3.36. The third-order valence-corrected chi connectivity index (χ3v) is 4.68. The molecule has 0 aliphatic heterocycles. The summed E-state index contributed by atoms with van der Waals surface area (Å²) in [4.78, 5) is 2.17. The van der Waals surface area contributed by atoms with Gasteiger partial charge in [-0.2, -0.15) is 0 Å². The number of benzene rings is 1. The van der Waals surface area contributed by atoms with Gasteiger partial charge in [0.25, 0.3) is 0 Å². The SMILES string of the molecule is COc1cccc(C2(O)C(C)CCCC2CN(C)C)c1. The minimum Gasteiger partial charge on any atom is -0.497 e. The van der Waals surface area contributed by atoms with Crippen LogP contribution in [0.4, 0.5) is 0 Å². The topological polar surface area (TPSA) is 32.7 Å². The van der Waals surface area contributed by atoms with Crippen LogP contribution < -0.4 is 4.74 Å². The van der Waals surface area contributed by atoms with E-state index in [1.807, 2.05) is 24.3 Å². The van der Waals surface area contributed by atoms with Crippen LogP contribution in [0, 0.1) is 11.8 Å². The zero-order valence-corrected chi connectivity index (χ0v) is 13.1. The van der Waals surface area contributed by atoms with Crippen molar-refractivity contribution in [2.75, 3.05) is 27.7 Å². The van der Waals surface area contributed by atoms with E-state index in [9.17, 15) is 5.11 Å². The van der Waals surface area contributed by atoms with Crippen molar-refractivity contribution in [2.45, 2.75) is 31.8 Å². The van der Waals surface area contributed by atoms with E-state index in [4.69, 9.17) is 4.74 Å². The van der Waals surface area contributed by atoms with Gasteiger partial charge in [-0.25, -0.2) is 0 Å². The van der Waals surface area contributed by atoms with Crippen LogP contribution in [0.3, 0.4) is 0 Å². The molecule has 3 heteroatoms. The van der Waals surface area contributed by atoms with Crippen LogP contribution in [-0.4, -0.2) is 37.8 Å². The number of ether oxygens (including phenoxy) is 1. The molecular weight excluding hydrogens is 250 g/mol. The molecule has 1 aromatic carbocycles. The molecule has 0 heterocycles. The summed E-state index contributed by atoms with van der Waals surface area (Å²) < 4.78 is 5.32. The summed E-state index contributed by atoms with van der Waals surface area (Å²) in [5, 5.41) is 11.5. The maximum Gasteiger partial charge on any atom is 0.119 e.